The molecular formula is C16H21N3. The molecule has 1 aromatic heterocycles. The first-order valence-corrected chi connectivity index (χ1v) is 7.11. The van der Waals surface area contributed by atoms with E-state index in [9.17, 15) is 0 Å². The zero-order valence-corrected chi connectivity index (χ0v) is 11.5. The lowest BCUT2D eigenvalue weighted by Crippen LogP contribution is -2.11. The van der Waals surface area contributed by atoms with Gasteiger partial charge in [-0.3, -0.25) is 0 Å². The van der Waals surface area contributed by atoms with Crippen LogP contribution >= 0.6 is 0 Å². The molecule has 19 heavy (non-hydrogen) atoms. The average molecular weight is 255 g/mol. The lowest BCUT2D eigenvalue weighted by molar-refractivity contribution is 0.481. The largest absolute Gasteiger partial charge is 0.331 e. The molecule has 1 aromatic carbocycles. The third-order valence-corrected chi connectivity index (χ3v) is 4.00. The van der Waals surface area contributed by atoms with Crippen molar-refractivity contribution >= 4 is 0 Å². The third kappa shape index (κ3) is 2.87. The first-order chi connectivity index (χ1) is 9.33. The molecular weight excluding hydrogens is 234 g/mol. The lowest BCUT2D eigenvalue weighted by atomic mass is 10.0. The maximum Gasteiger partial charge on any atom is 0.0950 e. The average Bonchev–Trinajstić information content (AvgIpc) is 3.08. The molecule has 0 bridgehead atoms. The summed E-state index contributed by atoms with van der Waals surface area (Å²) in [6, 6.07) is 8.68. The summed E-state index contributed by atoms with van der Waals surface area (Å²) in [5.74, 6) is 0.827. The van der Waals surface area contributed by atoms with Gasteiger partial charge in [0.1, 0.15) is 0 Å². The molecule has 3 heteroatoms. The summed E-state index contributed by atoms with van der Waals surface area (Å²) in [7, 11) is 0. The van der Waals surface area contributed by atoms with E-state index in [0.717, 1.165) is 12.5 Å². The molecule has 0 spiro atoms. The molecule has 1 aliphatic heterocycles. The van der Waals surface area contributed by atoms with Gasteiger partial charge in [-0.15, -0.1) is 0 Å². The molecule has 1 aliphatic rings. The normalized spacial score (nSPS) is 18.9. The van der Waals surface area contributed by atoms with Gasteiger partial charge in [0.05, 0.1) is 18.2 Å². The summed E-state index contributed by atoms with van der Waals surface area (Å²) in [6.07, 6.45) is 6.48. The number of nitrogens with zero attached hydrogens (tertiary/aromatic N) is 2. The number of rotatable bonds is 4. The standard InChI is InChI=1S/C16H21N3/c1-13-2-4-15(5-3-13)16-11-18-12-19(16)9-7-14-6-8-17-10-14/h2-5,11-12,14,17H,6-10H2,1H3. The van der Waals surface area contributed by atoms with Crippen LogP contribution < -0.4 is 5.32 Å². The van der Waals surface area contributed by atoms with Crippen LogP contribution in [0.4, 0.5) is 0 Å². The van der Waals surface area contributed by atoms with Gasteiger partial charge in [-0.25, -0.2) is 4.98 Å². The topological polar surface area (TPSA) is 29.9 Å². The highest BCUT2D eigenvalue weighted by Gasteiger charge is 2.14. The molecule has 3 nitrogen and oxygen atoms in total. The molecule has 1 unspecified atom stereocenters. The number of hydrogen-bond donors (Lipinski definition) is 1. The number of aromatic nitrogens is 2. The van der Waals surface area contributed by atoms with Crippen molar-refractivity contribution in [2.75, 3.05) is 13.1 Å². The van der Waals surface area contributed by atoms with Gasteiger partial charge < -0.3 is 9.88 Å². The Hall–Kier alpha value is -1.61. The SMILES string of the molecule is Cc1ccc(-c2cncn2CCC2CCNC2)cc1. The fourth-order valence-corrected chi connectivity index (χ4v) is 2.75. The Morgan fingerprint density at radius 3 is 2.89 bits per heavy atom. The van der Waals surface area contributed by atoms with Crippen molar-refractivity contribution in [3.05, 3.63) is 42.4 Å². The lowest BCUT2D eigenvalue weighted by Gasteiger charge is -2.11. The number of benzene rings is 1. The predicted octanol–water partition coefficient (Wildman–Crippen LogP) is 2.86. The first kappa shape index (κ1) is 12.4. The second kappa shape index (κ2) is 5.57. The number of imidazole rings is 1. The molecule has 1 fully saturated rings. The van der Waals surface area contributed by atoms with Crippen molar-refractivity contribution in [2.24, 2.45) is 5.92 Å². The van der Waals surface area contributed by atoms with Crippen LogP contribution in [0.5, 0.6) is 0 Å². The van der Waals surface area contributed by atoms with E-state index in [0.29, 0.717) is 0 Å². The van der Waals surface area contributed by atoms with Gasteiger partial charge in [0, 0.05) is 6.54 Å². The van der Waals surface area contributed by atoms with E-state index in [4.69, 9.17) is 0 Å². The van der Waals surface area contributed by atoms with Crippen LogP contribution in [0, 0.1) is 12.8 Å². The van der Waals surface area contributed by atoms with Gasteiger partial charge in [0.25, 0.3) is 0 Å². The Morgan fingerprint density at radius 1 is 1.32 bits per heavy atom. The number of hydrogen-bond acceptors (Lipinski definition) is 2. The van der Waals surface area contributed by atoms with E-state index in [1.165, 1.54) is 42.8 Å². The fraction of sp³-hybridized carbons (Fsp3) is 0.438. The Kier molecular flexibility index (Phi) is 3.65. The van der Waals surface area contributed by atoms with Gasteiger partial charge in [-0.05, 0) is 44.3 Å². The van der Waals surface area contributed by atoms with Gasteiger partial charge in [-0.2, -0.15) is 0 Å². The van der Waals surface area contributed by atoms with Crippen LogP contribution in [0.25, 0.3) is 11.3 Å². The van der Waals surface area contributed by atoms with Crippen LogP contribution in [-0.2, 0) is 6.54 Å². The minimum absolute atomic E-state index is 0.827. The van der Waals surface area contributed by atoms with E-state index >= 15 is 0 Å². The van der Waals surface area contributed by atoms with Crippen molar-refractivity contribution in [1.82, 2.24) is 14.9 Å². The first-order valence-electron chi connectivity index (χ1n) is 7.11. The summed E-state index contributed by atoms with van der Waals surface area (Å²) >= 11 is 0. The van der Waals surface area contributed by atoms with E-state index in [1.807, 2.05) is 12.5 Å². The molecule has 2 aromatic rings. The van der Waals surface area contributed by atoms with Crippen molar-refractivity contribution in [3.8, 4) is 11.3 Å². The Bertz CT molecular complexity index is 521. The highest BCUT2D eigenvalue weighted by Crippen LogP contribution is 2.21. The quantitative estimate of drug-likeness (QED) is 0.910. The maximum atomic E-state index is 4.31. The van der Waals surface area contributed by atoms with Crippen molar-refractivity contribution < 1.29 is 0 Å². The van der Waals surface area contributed by atoms with Gasteiger partial charge in [0.15, 0.2) is 0 Å². The molecule has 0 radical (unpaired) electrons. The second-order valence-corrected chi connectivity index (χ2v) is 5.49. The van der Waals surface area contributed by atoms with E-state index in [2.05, 4.69) is 46.1 Å². The van der Waals surface area contributed by atoms with Gasteiger partial charge in [-0.1, -0.05) is 29.8 Å². The molecule has 1 saturated heterocycles. The van der Waals surface area contributed by atoms with Crippen molar-refractivity contribution in [3.63, 3.8) is 0 Å². The minimum atomic E-state index is 0.827. The summed E-state index contributed by atoms with van der Waals surface area (Å²) in [4.78, 5) is 4.31. The van der Waals surface area contributed by atoms with Crippen LogP contribution in [0.2, 0.25) is 0 Å². The molecule has 0 aliphatic carbocycles. The minimum Gasteiger partial charge on any atom is -0.331 e. The third-order valence-electron chi connectivity index (χ3n) is 4.00. The highest BCUT2D eigenvalue weighted by molar-refractivity contribution is 5.59. The fourth-order valence-electron chi connectivity index (χ4n) is 2.75. The summed E-state index contributed by atoms with van der Waals surface area (Å²) in [5.41, 5.74) is 3.78. The molecule has 100 valence electrons. The zero-order chi connectivity index (χ0) is 13.1. The van der Waals surface area contributed by atoms with Gasteiger partial charge >= 0.3 is 0 Å². The molecule has 3 rings (SSSR count). The van der Waals surface area contributed by atoms with Crippen LogP contribution in [0.15, 0.2) is 36.8 Å². The van der Waals surface area contributed by atoms with Crippen molar-refractivity contribution in [2.45, 2.75) is 26.3 Å². The smallest absolute Gasteiger partial charge is 0.0950 e. The van der Waals surface area contributed by atoms with Crippen molar-refractivity contribution in [1.29, 1.82) is 0 Å². The summed E-state index contributed by atoms with van der Waals surface area (Å²) in [6.45, 7) is 5.54. The Morgan fingerprint density at radius 2 is 2.16 bits per heavy atom. The Balaban J connectivity index is 1.72. The van der Waals surface area contributed by atoms with E-state index < -0.39 is 0 Å². The molecule has 1 N–H and O–H groups in total. The van der Waals surface area contributed by atoms with Gasteiger partial charge in [0.2, 0.25) is 0 Å². The second-order valence-electron chi connectivity index (χ2n) is 5.49. The molecule has 2 heterocycles. The molecule has 1 atom stereocenters. The number of nitrogens with one attached hydrogen (secondary N) is 1. The van der Waals surface area contributed by atoms with E-state index in [1.54, 1.807) is 0 Å². The zero-order valence-electron chi connectivity index (χ0n) is 11.5. The molecule has 0 amide bonds. The van der Waals surface area contributed by atoms with E-state index in [-0.39, 0.29) is 0 Å². The summed E-state index contributed by atoms with van der Waals surface area (Å²) in [5, 5.41) is 3.43. The predicted molar refractivity (Wildman–Crippen MR) is 78.0 cm³/mol. The molecule has 0 saturated carbocycles. The number of aryl methyl sites for hydroxylation is 2. The van der Waals surface area contributed by atoms with Crippen LogP contribution in [-0.4, -0.2) is 22.6 Å². The van der Waals surface area contributed by atoms with Crippen LogP contribution in [0.1, 0.15) is 18.4 Å². The monoisotopic (exact) mass is 255 g/mol. The Labute approximate surface area is 114 Å². The highest BCUT2D eigenvalue weighted by atomic mass is 15.0. The van der Waals surface area contributed by atoms with Crippen LogP contribution in [0.3, 0.4) is 0 Å². The maximum absolute atomic E-state index is 4.31. The summed E-state index contributed by atoms with van der Waals surface area (Å²) < 4.78 is 2.28.